The molecule has 0 amide bonds. The molecule has 1 heterocycles. The summed E-state index contributed by atoms with van der Waals surface area (Å²) in [7, 11) is 0. The third-order valence-electron chi connectivity index (χ3n) is 3.26. The molecule has 0 unspecified atom stereocenters. The maximum atomic E-state index is 6.16. The van der Waals surface area contributed by atoms with Crippen LogP contribution in [0.25, 0.3) is 16.9 Å². The topological polar surface area (TPSA) is 43.8 Å². The van der Waals surface area contributed by atoms with E-state index in [0.29, 0.717) is 15.9 Å². The highest BCUT2D eigenvalue weighted by Gasteiger charge is 2.10. The van der Waals surface area contributed by atoms with Gasteiger partial charge in [-0.15, -0.1) is 0 Å². The maximum absolute atomic E-state index is 6.16. The van der Waals surface area contributed by atoms with E-state index in [9.17, 15) is 0 Å². The van der Waals surface area contributed by atoms with Gasteiger partial charge in [-0.1, -0.05) is 41.4 Å². The van der Waals surface area contributed by atoms with Gasteiger partial charge in [-0.2, -0.15) is 5.10 Å². The van der Waals surface area contributed by atoms with Gasteiger partial charge in [-0.25, -0.2) is 4.68 Å². The molecule has 0 saturated heterocycles. The highest BCUT2D eigenvalue weighted by molar-refractivity contribution is 6.31. The lowest BCUT2D eigenvalue weighted by Gasteiger charge is -2.06. The Bertz CT molecular complexity index is 809. The quantitative estimate of drug-likeness (QED) is 0.742. The molecular weight excluding hydrogens is 305 g/mol. The zero-order chi connectivity index (χ0) is 15.0. The Labute approximate surface area is 132 Å². The average molecular weight is 318 g/mol. The molecular formula is C16H13Cl2N3. The first kappa shape index (κ1) is 14.0. The molecule has 5 heteroatoms. The summed E-state index contributed by atoms with van der Waals surface area (Å²) in [6.45, 7) is 1.95. The average Bonchev–Trinajstić information content (AvgIpc) is 2.84. The minimum atomic E-state index is 0.546. The Morgan fingerprint density at radius 3 is 2.57 bits per heavy atom. The third kappa shape index (κ3) is 2.75. The van der Waals surface area contributed by atoms with Crippen molar-refractivity contribution in [3.8, 4) is 16.9 Å². The van der Waals surface area contributed by atoms with Crippen LogP contribution in [0.2, 0.25) is 10.0 Å². The second kappa shape index (κ2) is 5.43. The normalized spacial score (nSPS) is 10.8. The molecule has 1 aromatic heterocycles. The second-order valence-electron chi connectivity index (χ2n) is 4.81. The summed E-state index contributed by atoms with van der Waals surface area (Å²) >= 11 is 12.2. The standard InChI is InChI=1S/C16H13Cl2N3/c1-10-5-6-13(8-14(10)18)21-16(19)9-15(20-21)11-3-2-4-12(17)7-11/h2-9H,19H2,1H3. The highest BCUT2D eigenvalue weighted by atomic mass is 35.5. The zero-order valence-corrected chi connectivity index (χ0v) is 12.9. The summed E-state index contributed by atoms with van der Waals surface area (Å²) in [5, 5.41) is 5.89. The van der Waals surface area contributed by atoms with E-state index in [1.54, 1.807) is 4.68 Å². The van der Waals surface area contributed by atoms with E-state index in [2.05, 4.69) is 5.10 Å². The van der Waals surface area contributed by atoms with Gasteiger partial charge in [0.2, 0.25) is 0 Å². The van der Waals surface area contributed by atoms with E-state index in [4.69, 9.17) is 28.9 Å². The van der Waals surface area contributed by atoms with E-state index in [0.717, 1.165) is 22.5 Å². The Morgan fingerprint density at radius 2 is 1.86 bits per heavy atom. The highest BCUT2D eigenvalue weighted by Crippen LogP contribution is 2.26. The van der Waals surface area contributed by atoms with Gasteiger partial charge < -0.3 is 5.73 Å². The summed E-state index contributed by atoms with van der Waals surface area (Å²) in [5.74, 6) is 0.546. The number of aryl methyl sites for hydroxylation is 1. The molecule has 0 radical (unpaired) electrons. The molecule has 0 fully saturated rings. The minimum absolute atomic E-state index is 0.546. The fraction of sp³-hybridized carbons (Fsp3) is 0.0625. The van der Waals surface area contributed by atoms with Crippen molar-refractivity contribution in [1.29, 1.82) is 0 Å². The monoisotopic (exact) mass is 317 g/mol. The number of anilines is 1. The van der Waals surface area contributed by atoms with Crippen LogP contribution >= 0.6 is 23.2 Å². The van der Waals surface area contributed by atoms with Gasteiger partial charge in [0.1, 0.15) is 5.82 Å². The van der Waals surface area contributed by atoms with Crippen LogP contribution in [0.15, 0.2) is 48.5 Å². The largest absolute Gasteiger partial charge is 0.384 e. The Kier molecular flexibility index (Phi) is 3.62. The third-order valence-corrected chi connectivity index (χ3v) is 3.90. The van der Waals surface area contributed by atoms with Gasteiger partial charge in [0.05, 0.1) is 11.4 Å². The van der Waals surface area contributed by atoms with E-state index in [1.165, 1.54) is 0 Å². The number of hydrogen-bond acceptors (Lipinski definition) is 2. The number of nitrogens with zero attached hydrogens (tertiary/aromatic N) is 2. The second-order valence-corrected chi connectivity index (χ2v) is 5.65. The van der Waals surface area contributed by atoms with Crippen LogP contribution in [-0.4, -0.2) is 9.78 Å². The van der Waals surface area contributed by atoms with Crippen LogP contribution in [0.1, 0.15) is 5.56 Å². The SMILES string of the molecule is Cc1ccc(-n2nc(-c3cccc(Cl)c3)cc2N)cc1Cl. The molecule has 0 atom stereocenters. The summed E-state index contributed by atoms with van der Waals surface area (Å²) in [6, 6.07) is 15.1. The van der Waals surface area contributed by atoms with Crippen LogP contribution < -0.4 is 5.73 Å². The van der Waals surface area contributed by atoms with E-state index < -0.39 is 0 Å². The van der Waals surface area contributed by atoms with E-state index >= 15 is 0 Å². The van der Waals surface area contributed by atoms with Crippen LogP contribution in [0.4, 0.5) is 5.82 Å². The molecule has 106 valence electrons. The van der Waals surface area contributed by atoms with Crippen LogP contribution in [0, 0.1) is 6.92 Å². The van der Waals surface area contributed by atoms with Crippen LogP contribution in [-0.2, 0) is 0 Å². The predicted molar refractivity (Wildman–Crippen MR) is 88.2 cm³/mol. The smallest absolute Gasteiger partial charge is 0.127 e. The Morgan fingerprint density at radius 1 is 1.05 bits per heavy atom. The van der Waals surface area contributed by atoms with E-state index in [-0.39, 0.29) is 0 Å². The number of halogens is 2. The molecule has 0 aliphatic carbocycles. The van der Waals surface area contributed by atoms with Crippen LogP contribution in [0.3, 0.4) is 0 Å². The zero-order valence-electron chi connectivity index (χ0n) is 11.3. The van der Waals surface area contributed by atoms with Crippen molar-refractivity contribution in [2.24, 2.45) is 0 Å². The summed E-state index contributed by atoms with van der Waals surface area (Å²) < 4.78 is 1.67. The number of benzene rings is 2. The molecule has 0 bridgehead atoms. The van der Waals surface area contributed by atoms with Crippen molar-refractivity contribution in [3.05, 3.63) is 64.1 Å². The van der Waals surface area contributed by atoms with Crippen molar-refractivity contribution in [1.82, 2.24) is 9.78 Å². The molecule has 3 nitrogen and oxygen atoms in total. The fourth-order valence-electron chi connectivity index (χ4n) is 2.10. The number of nitrogens with two attached hydrogens (primary N) is 1. The molecule has 3 aromatic rings. The van der Waals surface area contributed by atoms with Gasteiger partial charge in [0.25, 0.3) is 0 Å². The number of aromatic nitrogens is 2. The first-order chi connectivity index (χ1) is 10.0. The summed E-state index contributed by atoms with van der Waals surface area (Å²) in [4.78, 5) is 0. The Hall–Kier alpha value is -1.97. The molecule has 0 aliphatic heterocycles. The minimum Gasteiger partial charge on any atom is -0.384 e. The first-order valence-corrected chi connectivity index (χ1v) is 7.18. The van der Waals surface area contributed by atoms with E-state index in [1.807, 2.05) is 55.5 Å². The van der Waals surface area contributed by atoms with Crippen molar-refractivity contribution in [2.75, 3.05) is 5.73 Å². The number of hydrogen-bond donors (Lipinski definition) is 1. The van der Waals surface area contributed by atoms with Gasteiger partial charge in [-0.3, -0.25) is 0 Å². The molecule has 0 aliphatic rings. The van der Waals surface area contributed by atoms with Gasteiger partial charge in [0, 0.05) is 21.7 Å². The number of rotatable bonds is 2. The molecule has 21 heavy (non-hydrogen) atoms. The van der Waals surface area contributed by atoms with Crippen molar-refractivity contribution >= 4 is 29.0 Å². The van der Waals surface area contributed by atoms with Crippen molar-refractivity contribution in [3.63, 3.8) is 0 Å². The lowest BCUT2D eigenvalue weighted by Crippen LogP contribution is -2.01. The summed E-state index contributed by atoms with van der Waals surface area (Å²) in [5.41, 5.74) is 9.60. The maximum Gasteiger partial charge on any atom is 0.127 e. The lowest BCUT2D eigenvalue weighted by molar-refractivity contribution is 0.894. The van der Waals surface area contributed by atoms with Crippen molar-refractivity contribution in [2.45, 2.75) is 6.92 Å². The Balaban J connectivity index is 2.07. The predicted octanol–water partition coefficient (Wildman–Crippen LogP) is 4.74. The summed E-state index contributed by atoms with van der Waals surface area (Å²) in [6.07, 6.45) is 0. The molecule has 3 rings (SSSR count). The molecule has 0 saturated carbocycles. The molecule has 2 N–H and O–H groups in total. The number of nitrogen functional groups attached to an aromatic ring is 1. The first-order valence-electron chi connectivity index (χ1n) is 6.42. The van der Waals surface area contributed by atoms with Gasteiger partial charge in [-0.05, 0) is 36.8 Å². The van der Waals surface area contributed by atoms with Gasteiger partial charge >= 0.3 is 0 Å². The lowest BCUT2D eigenvalue weighted by atomic mass is 10.1. The fourth-order valence-corrected chi connectivity index (χ4v) is 2.47. The molecule has 2 aromatic carbocycles. The van der Waals surface area contributed by atoms with Crippen molar-refractivity contribution < 1.29 is 0 Å². The van der Waals surface area contributed by atoms with Crippen LogP contribution in [0.5, 0.6) is 0 Å². The van der Waals surface area contributed by atoms with Gasteiger partial charge in [0.15, 0.2) is 0 Å². The molecule has 0 spiro atoms.